The van der Waals surface area contributed by atoms with E-state index in [0.717, 1.165) is 17.3 Å². The first-order valence-corrected chi connectivity index (χ1v) is 7.78. The molecule has 0 saturated carbocycles. The third-order valence-electron chi connectivity index (χ3n) is 3.70. The zero-order valence-corrected chi connectivity index (χ0v) is 13.8. The topological polar surface area (TPSA) is 89.4 Å². The van der Waals surface area contributed by atoms with Crippen molar-refractivity contribution in [2.75, 3.05) is 10.6 Å². The molecule has 1 atom stereocenters. The van der Waals surface area contributed by atoms with Crippen LogP contribution < -0.4 is 10.6 Å². The first kappa shape index (κ1) is 16.5. The van der Waals surface area contributed by atoms with Crippen molar-refractivity contribution in [1.29, 1.82) is 5.26 Å². The summed E-state index contributed by atoms with van der Waals surface area (Å²) in [4.78, 5) is 4.24. The average molecular weight is 336 g/mol. The maximum Gasteiger partial charge on any atom is 0.170 e. The lowest BCUT2D eigenvalue weighted by Crippen LogP contribution is -2.11. The van der Waals surface area contributed by atoms with Gasteiger partial charge in [-0.25, -0.2) is 9.37 Å². The number of H-pyrrole nitrogens is 1. The van der Waals surface area contributed by atoms with Gasteiger partial charge in [-0.3, -0.25) is 5.10 Å². The molecule has 0 amide bonds. The van der Waals surface area contributed by atoms with Crippen LogP contribution in [0.2, 0.25) is 0 Å². The van der Waals surface area contributed by atoms with Gasteiger partial charge in [0.05, 0.1) is 5.56 Å². The lowest BCUT2D eigenvalue weighted by Gasteiger charge is -2.17. The summed E-state index contributed by atoms with van der Waals surface area (Å²) in [5.41, 5.74) is 2.02. The molecule has 3 rings (SSSR count). The monoisotopic (exact) mass is 336 g/mol. The van der Waals surface area contributed by atoms with Gasteiger partial charge in [0.25, 0.3) is 0 Å². The van der Waals surface area contributed by atoms with E-state index in [4.69, 9.17) is 0 Å². The van der Waals surface area contributed by atoms with E-state index < -0.39 is 5.82 Å². The van der Waals surface area contributed by atoms with Gasteiger partial charge < -0.3 is 10.6 Å². The Morgan fingerprint density at radius 3 is 2.60 bits per heavy atom. The molecule has 6 nitrogen and oxygen atoms in total. The van der Waals surface area contributed by atoms with Crippen LogP contribution in [0.3, 0.4) is 0 Å². The van der Waals surface area contributed by atoms with Crippen LogP contribution in [0.5, 0.6) is 0 Å². The molecule has 126 valence electrons. The maximum absolute atomic E-state index is 14.2. The van der Waals surface area contributed by atoms with Crippen LogP contribution >= 0.6 is 0 Å². The number of nitrogens with one attached hydrogen (secondary N) is 3. The zero-order valence-electron chi connectivity index (χ0n) is 13.8. The molecule has 7 heteroatoms. The van der Waals surface area contributed by atoms with Gasteiger partial charge in [0.1, 0.15) is 11.9 Å². The van der Waals surface area contributed by atoms with E-state index in [-0.39, 0.29) is 17.4 Å². The number of halogens is 1. The SMILES string of the molecule is Cc1cc(Nc2nc(N[C@@H](C)c3ccccc3)c(C#N)cc2F)n[nH]1. The summed E-state index contributed by atoms with van der Waals surface area (Å²) < 4.78 is 14.2. The highest BCUT2D eigenvalue weighted by atomic mass is 19.1. The van der Waals surface area contributed by atoms with E-state index in [1.165, 1.54) is 0 Å². The molecular formula is C18H17FN6. The largest absolute Gasteiger partial charge is 0.362 e. The fourth-order valence-electron chi connectivity index (χ4n) is 2.41. The average Bonchev–Trinajstić information content (AvgIpc) is 3.03. The Balaban J connectivity index is 1.89. The summed E-state index contributed by atoms with van der Waals surface area (Å²) in [5, 5.41) is 22.0. The predicted octanol–water partition coefficient (Wildman–Crippen LogP) is 4.04. The Morgan fingerprint density at radius 2 is 1.96 bits per heavy atom. The summed E-state index contributed by atoms with van der Waals surface area (Å²) in [7, 11) is 0. The van der Waals surface area contributed by atoms with Crippen LogP contribution in [-0.2, 0) is 0 Å². The summed E-state index contributed by atoms with van der Waals surface area (Å²) in [6.45, 7) is 3.79. The van der Waals surface area contributed by atoms with Crippen LogP contribution in [0.4, 0.5) is 21.8 Å². The normalized spacial score (nSPS) is 11.6. The van der Waals surface area contributed by atoms with Crippen LogP contribution in [-0.4, -0.2) is 15.2 Å². The molecule has 0 aliphatic heterocycles. The molecule has 0 radical (unpaired) electrons. The van der Waals surface area contributed by atoms with E-state index in [1.54, 1.807) is 6.07 Å². The van der Waals surface area contributed by atoms with Crippen molar-refractivity contribution in [3.8, 4) is 6.07 Å². The van der Waals surface area contributed by atoms with Crippen LogP contribution in [0.1, 0.15) is 29.8 Å². The minimum Gasteiger partial charge on any atom is -0.362 e. The zero-order chi connectivity index (χ0) is 17.8. The van der Waals surface area contributed by atoms with Crippen molar-refractivity contribution < 1.29 is 4.39 Å². The molecule has 25 heavy (non-hydrogen) atoms. The second-order valence-electron chi connectivity index (χ2n) is 5.66. The van der Waals surface area contributed by atoms with Gasteiger partial charge >= 0.3 is 0 Å². The molecule has 3 aromatic rings. The summed E-state index contributed by atoms with van der Waals surface area (Å²) in [6.07, 6.45) is 0. The number of nitriles is 1. The molecule has 0 aliphatic rings. The predicted molar refractivity (Wildman–Crippen MR) is 94.0 cm³/mol. The van der Waals surface area contributed by atoms with E-state index in [1.807, 2.05) is 50.2 Å². The quantitative estimate of drug-likeness (QED) is 0.654. The fourth-order valence-corrected chi connectivity index (χ4v) is 2.41. The smallest absolute Gasteiger partial charge is 0.170 e. The molecule has 3 N–H and O–H groups in total. The van der Waals surface area contributed by atoms with Crippen LogP contribution in [0.15, 0.2) is 42.5 Å². The van der Waals surface area contributed by atoms with Gasteiger partial charge in [-0.15, -0.1) is 0 Å². The molecule has 1 aromatic carbocycles. The standard InChI is InChI=1S/C18H17FN6/c1-11-8-16(25-24-11)22-18-15(19)9-14(10-20)17(23-18)21-12(2)13-6-4-3-5-7-13/h3-9,12H,1-2H3,(H3,21,22,23,24,25)/t12-/m0/s1. The highest BCUT2D eigenvalue weighted by Crippen LogP contribution is 2.25. The molecule has 2 heterocycles. The number of pyridine rings is 1. The lowest BCUT2D eigenvalue weighted by atomic mass is 10.1. The number of nitrogens with zero attached hydrogens (tertiary/aromatic N) is 3. The Bertz CT molecular complexity index is 913. The van der Waals surface area contributed by atoms with E-state index in [0.29, 0.717) is 11.6 Å². The molecule has 0 bridgehead atoms. The highest BCUT2D eigenvalue weighted by molar-refractivity contribution is 5.61. The molecule has 0 aliphatic carbocycles. The summed E-state index contributed by atoms with van der Waals surface area (Å²) in [5.74, 6) is 0.161. The number of rotatable bonds is 5. The maximum atomic E-state index is 14.2. The van der Waals surface area contributed by atoms with Gasteiger partial charge in [-0.1, -0.05) is 30.3 Å². The Morgan fingerprint density at radius 1 is 1.20 bits per heavy atom. The van der Waals surface area contributed by atoms with Gasteiger partial charge in [-0.2, -0.15) is 10.4 Å². The first-order valence-electron chi connectivity index (χ1n) is 7.78. The van der Waals surface area contributed by atoms with E-state index >= 15 is 0 Å². The Labute approximate surface area is 144 Å². The van der Waals surface area contributed by atoms with Crippen molar-refractivity contribution in [3.05, 3.63) is 65.1 Å². The third-order valence-corrected chi connectivity index (χ3v) is 3.70. The van der Waals surface area contributed by atoms with Crippen molar-refractivity contribution in [3.63, 3.8) is 0 Å². The minimum atomic E-state index is -0.616. The van der Waals surface area contributed by atoms with Crippen molar-refractivity contribution in [2.24, 2.45) is 0 Å². The minimum absolute atomic E-state index is 0.00765. The fraction of sp³-hybridized carbons (Fsp3) is 0.167. The van der Waals surface area contributed by atoms with Gasteiger partial charge in [-0.05, 0) is 25.5 Å². The first-order chi connectivity index (χ1) is 12.1. The van der Waals surface area contributed by atoms with Crippen molar-refractivity contribution in [2.45, 2.75) is 19.9 Å². The van der Waals surface area contributed by atoms with Gasteiger partial charge in [0.2, 0.25) is 0 Å². The van der Waals surface area contributed by atoms with Crippen LogP contribution in [0.25, 0.3) is 0 Å². The molecule has 0 fully saturated rings. The molecule has 2 aromatic heterocycles. The van der Waals surface area contributed by atoms with E-state index in [2.05, 4.69) is 25.8 Å². The van der Waals surface area contributed by atoms with Crippen molar-refractivity contribution >= 4 is 17.5 Å². The summed E-state index contributed by atoms with van der Waals surface area (Å²) in [6, 6.07) is 14.5. The second kappa shape index (κ2) is 7.01. The van der Waals surface area contributed by atoms with Crippen molar-refractivity contribution in [1.82, 2.24) is 15.2 Å². The van der Waals surface area contributed by atoms with Gasteiger partial charge in [0.15, 0.2) is 17.5 Å². The number of aryl methyl sites for hydroxylation is 1. The highest BCUT2D eigenvalue weighted by Gasteiger charge is 2.15. The van der Waals surface area contributed by atoms with Gasteiger partial charge in [0, 0.05) is 17.8 Å². The van der Waals surface area contributed by atoms with E-state index in [9.17, 15) is 9.65 Å². The number of aromatic nitrogens is 3. The lowest BCUT2D eigenvalue weighted by molar-refractivity contribution is 0.625. The second-order valence-corrected chi connectivity index (χ2v) is 5.66. The number of anilines is 3. The number of benzene rings is 1. The number of aromatic amines is 1. The molecule has 0 spiro atoms. The molecule has 0 unspecified atom stereocenters. The van der Waals surface area contributed by atoms with Crippen LogP contribution in [0, 0.1) is 24.1 Å². The molecule has 0 saturated heterocycles. The Kier molecular flexibility index (Phi) is 4.61. The number of hydrogen-bond acceptors (Lipinski definition) is 5. The summed E-state index contributed by atoms with van der Waals surface area (Å²) >= 11 is 0. The third kappa shape index (κ3) is 3.75. The number of hydrogen-bond donors (Lipinski definition) is 3. The Hall–Kier alpha value is -3.40. The molecular weight excluding hydrogens is 319 g/mol.